The molecule has 0 aromatic rings. The maximum atomic E-state index is 4.11. The van der Waals surface area contributed by atoms with Gasteiger partial charge in [-0.1, -0.05) is 18.6 Å². The molecule has 1 heteroatoms. The van der Waals surface area contributed by atoms with Crippen molar-refractivity contribution in [1.82, 2.24) is 4.90 Å². The third-order valence-corrected chi connectivity index (χ3v) is 3.63. The van der Waals surface area contributed by atoms with Crippen LogP contribution < -0.4 is 0 Å². The molecule has 1 saturated carbocycles. The Morgan fingerprint density at radius 2 is 2.17 bits per heavy atom. The van der Waals surface area contributed by atoms with Crippen LogP contribution in [-0.4, -0.2) is 24.5 Å². The van der Waals surface area contributed by atoms with Crippen molar-refractivity contribution in [2.24, 2.45) is 11.8 Å². The summed E-state index contributed by atoms with van der Waals surface area (Å²) in [6.07, 6.45) is 4.35. The fourth-order valence-electron chi connectivity index (χ4n) is 3.26. The number of likely N-dealkylation sites (N-methyl/N-ethyl adjacent to an activating group) is 1. The standard InChI is InChI=1S/C11H19N/c1-8(2)11-10-6-4-5-9(10)7-12(11)3/h9-11H,1,4-7H2,2-3H3. The first-order valence-electron chi connectivity index (χ1n) is 5.06. The molecule has 1 nitrogen and oxygen atoms in total. The van der Waals surface area contributed by atoms with Gasteiger partial charge >= 0.3 is 0 Å². The van der Waals surface area contributed by atoms with Crippen LogP contribution in [0.25, 0.3) is 0 Å². The van der Waals surface area contributed by atoms with E-state index in [-0.39, 0.29) is 0 Å². The first kappa shape index (κ1) is 8.31. The zero-order valence-electron chi connectivity index (χ0n) is 8.21. The van der Waals surface area contributed by atoms with E-state index in [1.807, 2.05) is 0 Å². The molecule has 68 valence electrons. The van der Waals surface area contributed by atoms with E-state index in [0.29, 0.717) is 6.04 Å². The van der Waals surface area contributed by atoms with Crippen LogP contribution in [0.15, 0.2) is 12.2 Å². The van der Waals surface area contributed by atoms with Gasteiger partial charge in [0.05, 0.1) is 0 Å². The van der Waals surface area contributed by atoms with Crippen LogP contribution in [0.1, 0.15) is 26.2 Å². The molecule has 2 aliphatic rings. The monoisotopic (exact) mass is 165 g/mol. The lowest BCUT2D eigenvalue weighted by atomic mass is 9.90. The minimum absolute atomic E-state index is 0.692. The van der Waals surface area contributed by atoms with Gasteiger partial charge in [0.2, 0.25) is 0 Å². The second-order valence-corrected chi connectivity index (χ2v) is 4.59. The van der Waals surface area contributed by atoms with Crippen LogP contribution in [0.2, 0.25) is 0 Å². The van der Waals surface area contributed by atoms with Crippen LogP contribution >= 0.6 is 0 Å². The van der Waals surface area contributed by atoms with Crippen molar-refractivity contribution < 1.29 is 0 Å². The zero-order valence-corrected chi connectivity index (χ0v) is 8.21. The summed E-state index contributed by atoms with van der Waals surface area (Å²) in [7, 11) is 2.25. The van der Waals surface area contributed by atoms with Crippen LogP contribution in [0.4, 0.5) is 0 Å². The second-order valence-electron chi connectivity index (χ2n) is 4.59. The van der Waals surface area contributed by atoms with Crippen molar-refractivity contribution in [2.45, 2.75) is 32.2 Å². The summed E-state index contributed by atoms with van der Waals surface area (Å²) < 4.78 is 0. The minimum atomic E-state index is 0.692. The SMILES string of the molecule is C=C(C)C1C2CCCC2CN1C. The molecule has 0 bridgehead atoms. The molecule has 0 aromatic carbocycles. The van der Waals surface area contributed by atoms with Crippen LogP contribution in [0.3, 0.4) is 0 Å². The molecule has 0 aromatic heterocycles. The van der Waals surface area contributed by atoms with Crippen molar-refractivity contribution >= 4 is 0 Å². The summed E-state index contributed by atoms with van der Waals surface area (Å²) in [5.41, 5.74) is 1.37. The Labute approximate surface area is 75.4 Å². The maximum absolute atomic E-state index is 4.11. The Balaban J connectivity index is 2.15. The molecule has 3 atom stereocenters. The van der Waals surface area contributed by atoms with Crippen molar-refractivity contribution in [2.75, 3.05) is 13.6 Å². The molecule has 0 amide bonds. The first-order chi connectivity index (χ1) is 5.70. The highest BCUT2D eigenvalue weighted by Crippen LogP contribution is 2.43. The fraction of sp³-hybridized carbons (Fsp3) is 0.818. The van der Waals surface area contributed by atoms with E-state index in [9.17, 15) is 0 Å². The Kier molecular flexibility index (Phi) is 1.99. The lowest BCUT2D eigenvalue weighted by molar-refractivity contribution is 0.303. The highest BCUT2D eigenvalue weighted by Gasteiger charge is 2.42. The Morgan fingerprint density at radius 1 is 1.42 bits per heavy atom. The van der Waals surface area contributed by atoms with Crippen molar-refractivity contribution in [3.05, 3.63) is 12.2 Å². The molecule has 2 fully saturated rings. The van der Waals surface area contributed by atoms with E-state index in [0.717, 1.165) is 11.8 Å². The molecule has 0 radical (unpaired) electrons. The number of likely N-dealkylation sites (tertiary alicyclic amines) is 1. The van der Waals surface area contributed by atoms with Crippen molar-refractivity contribution in [1.29, 1.82) is 0 Å². The molecule has 2 rings (SSSR count). The lowest BCUT2D eigenvalue weighted by Gasteiger charge is -2.24. The molecular formula is C11H19N. The van der Waals surface area contributed by atoms with Gasteiger partial charge in [0.15, 0.2) is 0 Å². The Bertz CT molecular complexity index is 197. The van der Waals surface area contributed by atoms with Gasteiger partial charge in [-0.2, -0.15) is 0 Å². The molecule has 1 saturated heterocycles. The number of hydrogen-bond acceptors (Lipinski definition) is 1. The number of nitrogens with zero attached hydrogens (tertiary/aromatic N) is 1. The quantitative estimate of drug-likeness (QED) is 0.539. The molecule has 3 unspecified atom stereocenters. The summed E-state index contributed by atoms with van der Waals surface area (Å²) in [5, 5.41) is 0. The van der Waals surface area contributed by atoms with E-state index < -0.39 is 0 Å². The van der Waals surface area contributed by atoms with Crippen molar-refractivity contribution in [3.63, 3.8) is 0 Å². The van der Waals surface area contributed by atoms with Crippen molar-refractivity contribution in [3.8, 4) is 0 Å². The highest BCUT2D eigenvalue weighted by molar-refractivity contribution is 5.11. The van der Waals surface area contributed by atoms with Gasteiger partial charge in [-0.15, -0.1) is 0 Å². The van der Waals surface area contributed by atoms with Gasteiger partial charge in [0.1, 0.15) is 0 Å². The van der Waals surface area contributed by atoms with Gasteiger partial charge in [-0.25, -0.2) is 0 Å². The summed E-state index contributed by atoms with van der Waals surface area (Å²) >= 11 is 0. The Hall–Kier alpha value is -0.300. The predicted octanol–water partition coefficient (Wildman–Crippen LogP) is 2.29. The van der Waals surface area contributed by atoms with E-state index in [1.54, 1.807) is 0 Å². The van der Waals surface area contributed by atoms with Gasteiger partial charge < -0.3 is 0 Å². The molecule has 1 aliphatic carbocycles. The largest absolute Gasteiger partial charge is 0.299 e. The minimum Gasteiger partial charge on any atom is -0.299 e. The predicted molar refractivity (Wildman–Crippen MR) is 52.1 cm³/mol. The Morgan fingerprint density at radius 3 is 2.83 bits per heavy atom. The van der Waals surface area contributed by atoms with Gasteiger partial charge in [0.25, 0.3) is 0 Å². The third-order valence-electron chi connectivity index (χ3n) is 3.63. The third kappa shape index (κ3) is 1.11. The van der Waals surface area contributed by atoms with Gasteiger partial charge in [-0.05, 0) is 38.6 Å². The average molecular weight is 165 g/mol. The van der Waals surface area contributed by atoms with Crippen LogP contribution in [-0.2, 0) is 0 Å². The maximum Gasteiger partial charge on any atom is 0.0330 e. The topological polar surface area (TPSA) is 3.24 Å². The van der Waals surface area contributed by atoms with E-state index in [1.165, 1.54) is 31.4 Å². The second kappa shape index (κ2) is 2.88. The molecular weight excluding hydrogens is 146 g/mol. The summed E-state index contributed by atoms with van der Waals surface area (Å²) in [5.74, 6) is 1.92. The zero-order chi connectivity index (χ0) is 8.72. The smallest absolute Gasteiger partial charge is 0.0330 e. The molecule has 1 aliphatic heterocycles. The average Bonchev–Trinajstić information content (AvgIpc) is 2.44. The van der Waals surface area contributed by atoms with Crippen LogP contribution in [0, 0.1) is 11.8 Å². The fourth-order valence-corrected chi connectivity index (χ4v) is 3.26. The van der Waals surface area contributed by atoms with Gasteiger partial charge in [0, 0.05) is 12.6 Å². The van der Waals surface area contributed by atoms with Gasteiger partial charge in [-0.3, -0.25) is 4.90 Å². The first-order valence-corrected chi connectivity index (χ1v) is 5.06. The number of fused-ring (bicyclic) bond motifs is 1. The van der Waals surface area contributed by atoms with Crippen LogP contribution in [0.5, 0.6) is 0 Å². The summed E-state index contributed by atoms with van der Waals surface area (Å²) in [4.78, 5) is 2.50. The molecule has 0 N–H and O–H groups in total. The lowest BCUT2D eigenvalue weighted by Crippen LogP contribution is -2.29. The molecule has 1 heterocycles. The molecule has 12 heavy (non-hydrogen) atoms. The molecule has 0 spiro atoms. The van der Waals surface area contributed by atoms with E-state index in [4.69, 9.17) is 0 Å². The van der Waals surface area contributed by atoms with E-state index >= 15 is 0 Å². The summed E-state index contributed by atoms with van der Waals surface area (Å²) in [6.45, 7) is 7.60. The normalized spacial score (nSPS) is 41.7. The number of rotatable bonds is 1. The summed E-state index contributed by atoms with van der Waals surface area (Å²) in [6, 6.07) is 0.692. The highest BCUT2D eigenvalue weighted by atomic mass is 15.2. The number of hydrogen-bond donors (Lipinski definition) is 0. The van der Waals surface area contributed by atoms with E-state index in [2.05, 4.69) is 25.5 Å².